The van der Waals surface area contributed by atoms with Gasteiger partial charge in [-0.25, -0.2) is 23.7 Å². The summed E-state index contributed by atoms with van der Waals surface area (Å²) in [5.41, 5.74) is 3.40. The normalized spacial score (nSPS) is 14.3. The minimum Gasteiger partial charge on any atom is -0.396 e. The van der Waals surface area contributed by atoms with Crippen LogP contribution in [0.15, 0.2) is 30.5 Å². The summed E-state index contributed by atoms with van der Waals surface area (Å²) in [7, 11) is 1.78. The predicted molar refractivity (Wildman–Crippen MR) is 143 cm³/mol. The third-order valence-electron chi connectivity index (χ3n) is 6.95. The van der Waals surface area contributed by atoms with Crippen LogP contribution < -0.4 is 5.32 Å². The second-order valence-corrected chi connectivity index (χ2v) is 11.1. The molecule has 38 heavy (non-hydrogen) atoms. The molecule has 0 fully saturated rings. The van der Waals surface area contributed by atoms with Crippen molar-refractivity contribution >= 4 is 22.7 Å². The summed E-state index contributed by atoms with van der Waals surface area (Å²) in [6.45, 7) is 10.7. The first-order chi connectivity index (χ1) is 18.0. The molecule has 4 heterocycles. The third kappa shape index (κ3) is 5.10. The zero-order valence-corrected chi connectivity index (χ0v) is 22.4. The molecular formula is C28H33F2N7O. The molecular weight excluding hydrogens is 488 g/mol. The Morgan fingerprint density at radius 1 is 1.13 bits per heavy atom. The van der Waals surface area contributed by atoms with Gasteiger partial charge in [-0.05, 0) is 29.7 Å². The highest BCUT2D eigenvalue weighted by Crippen LogP contribution is 2.32. The number of aromatic nitrogens is 5. The molecule has 8 nitrogen and oxygen atoms in total. The number of nitrogens with zero attached hydrogens (tertiary/aromatic N) is 6. The number of rotatable bonds is 7. The highest BCUT2D eigenvalue weighted by molar-refractivity contribution is 5.87. The number of hydrogen-bond acceptors (Lipinski definition) is 7. The van der Waals surface area contributed by atoms with Crippen molar-refractivity contribution in [2.45, 2.75) is 46.6 Å². The maximum atomic E-state index is 15.0. The molecule has 1 aliphatic rings. The zero-order chi connectivity index (χ0) is 27.2. The van der Waals surface area contributed by atoms with Crippen LogP contribution in [0.5, 0.6) is 0 Å². The predicted octanol–water partition coefficient (Wildman–Crippen LogP) is 4.95. The van der Waals surface area contributed by atoms with Crippen LogP contribution in [0.1, 0.15) is 50.6 Å². The maximum Gasteiger partial charge on any atom is 0.229 e. The van der Waals surface area contributed by atoms with Gasteiger partial charge in [-0.2, -0.15) is 5.10 Å². The van der Waals surface area contributed by atoms with Crippen molar-refractivity contribution in [2.24, 2.45) is 12.5 Å². The monoisotopic (exact) mass is 521 g/mol. The first kappa shape index (κ1) is 26.1. The van der Waals surface area contributed by atoms with E-state index in [2.05, 4.69) is 39.1 Å². The van der Waals surface area contributed by atoms with Crippen LogP contribution in [-0.2, 0) is 20.0 Å². The number of aliphatic hydroxyl groups excluding tert-OH is 1. The molecule has 1 aromatic carbocycles. The largest absolute Gasteiger partial charge is 0.396 e. The molecule has 2 N–H and O–H groups in total. The van der Waals surface area contributed by atoms with Gasteiger partial charge < -0.3 is 10.4 Å². The van der Waals surface area contributed by atoms with Crippen molar-refractivity contribution in [1.82, 2.24) is 29.6 Å². The van der Waals surface area contributed by atoms with Crippen molar-refractivity contribution < 1.29 is 13.9 Å². The number of aryl methyl sites for hydroxylation is 1. The van der Waals surface area contributed by atoms with Crippen molar-refractivity contribution in [3.63, 3.8) is 0 Å². The number of benzene rings is 1. The quantitative estimate of drug-likeness (QED) is 0.356. The molecule has 0 spiro atoms. The molecule has 0 saturated carbocycles. The molecule has 0 radical (unpaired) electrons. The van der Waals surface area contributed by atoms with Crippen LogP contribution in [0, 0.1) is 17.0 Å². The summed E-state index contributed by atoms with van der Waals surface area (Å²) in [6.07, 6.45) is 1.86. The lowest BCUT2D eigenvalue weighted by Gasteiger charge is -2.34. The van der Waals surface area contributed by atoms with Crippen LogP contribution in [0.25, 0.3) is 22.2 Å². The van der Waals surface area contributed by atoms with Gasteiger partial charge in [-0.15, -0.1) is 0 Å². The van der Waals surface area contributed by atoms with Crippen LogP contribution in [-0.4, -0.2) is 54.4 Å². The van der Waals surface area contributed by atoms with Gasteiger partial charge in [0.1, 0.15) is 17.0 Å². The molecule has 0 amide bonds. The number of halogens is 2. The average molecular weight is 522 g/mol. The van der Waals surface area contributed by atoms with Gasteiger partial charge in [-0.3, -0.25) is 9.58 Å². The lowest BCUT2D eigenvalue weighted by atomic mass is 9.92. The van der Waals surface area contributed by atoms with Gasteiger partial charge >= 0.3 is 0 Å². The first-order valence-electron chi connectivity index (χ1n) is 12.8. The molecule has 5 rings (SSSR count). The maximum absolute atomic E-state index is 15.0. The van der Waals surface area contributed by atoms with Gasteiger partial charge in [0, 0.05) is 67.5 Å². The van der Waals surface area contributed by atoms with Crippen molar-refractivity contribution in [3.05, 3.63) is 59.0 Å². The zero-order valence-electron chi connectivity index (χ0n) is 22.4. The molecule has 4 aromatic rings. The number of fused-ring (bicyclic) bond motifs is 2. The number of anilines is 2. The van der Waals surface area contributed by atoms with E-state index in [0.29, 0.717) is 16.8 Å². The van der Waals surface area contributed by atoms with Gasteiger partial charge in [0.2, 0.25) is 5.95 Å². The summed E-state index contributed by atoms with van der Waals surface area (Å²) in [4.78, 5) is 15.5. The van der Waals surface area contributed by atoms with Gasteiger partial charge in [0.05, 0.1) is 6.20 Å². The Morgan fingerprint density at radius 2 is 1.92 bits per heavy atom. The second-order valence-electron chi connectivity index (χ2n) is 11.1. The summed E-state index contributed by atoms with van der Waals surface area (Å²) < 4.78 is 31.5. The molecule has 200 valence electrons. The Hall–Kier alpha value is -3.50. The lowest BCUT2D eigenvalue weighted by Crippen LogP contribution is -2.39. The fraction of sp³-hybridized carbons (Fsp3) is 0.429. The fourth-order valence-electron chi connectivity index (χ4n) is 5.17. The molecule has 3 aromatic heterocycles. The van der Waals surface area contributed by atoms with Crippen molar-refractivity contribution in [3.8, 4) is 11.3 Å². The number of hydrogen-bond donors (Lipinski definition) is 2. The van der Waals surface area contributed by atoms with Crippen LogP contribution in [0.3, 0.4) is 0 Å². The Bertz CT molecular complexity index is 1500. The molecule has 0 atom stereocenters. The topological polar surface area (TPSA) is 92.0 Å². The van der Waals surface area contributed by atoms with E-state index in [1.807, 2.05) is 26.0 Å². The molecule has 0 saturated heterocycles. The molecule has 0 unspecified atom stereocenters. The standard InChI is InChI=1S/C28H33F2N7O/c1-16(2)26-19-10-18(11-20(29)25(19)35-36(26)5)24-21(30)12-31-27(34-24)33-23-7-6-17-13-37(9-8-22(17)32-23)14-28(3,4)15-38/h6-7,10-12,16,38H,8-9,13-15H2,1-5H3,(H,31,32,33,34). The van der Waals surface area contributed by atoms with E-state index in [-0.39, 0.29) is 35.1 Å². The first-order valence-corrected chi connectivity index (χ1v) is 12.8. The average Bonchev–Trinajstić information content (AvgIpc) is 3.21. The number of pyridine rings is 1. The lowest BCUT2D eigenvalue weighted by molar-refractivity contribution is 0.0958. The van der Waals surface area contributed by atoms with Crippen LogP contribution >= 0.6 is 0 Å². The molecule has 0 aliphatic carbocycles. The van der Waals surface area contributed by atoms with E-state index in [4.69, 9.17) is 4.98 Å². The Morgan fingerprint density at radius 3 is 2.66 bits per heavy atom. The minimum absolute atomic E-state index is 0.00181. The second kappa shape index (κ2) is 9.99. The summed E-state index contributed by atoms with van der Waals surface area (Å²) in [5.74, 6) is -0.336. The number of aliphatic hydroxyl groups is 1. The highest BCUT2D eigenvalue weighted by atomic mass is 19.1. The van der Waals surface area contributed by atoms with E-state index in [0.717, 1.165) is 49.2 Å². The Kier molecular flexibility index (Phi) is 6.87. The molecule has 0 bridgehead atoms. The van der Waals surface area contributed by atoms with Crippen molar-refractivity contribution in [1.29, 1.82) is 0 Å². The fourth-order valence-corrected chi connectivity index (χ4v) is 5.17. The van der Waals surface area contributed by atoms with E-state index >= 15 is 0 Å². The molecule has 1 aliphatic heterocycles. The number of nitrogens with one attached hydrogen (secondary N) is 1. The van der Waals surface area contributed by atoms with Gasteiger partial charge in [0.25, 0.3) is 0 Å². The van der Waals surface area contributed by atoms with E-state index in [1.54, 1.807) is 17.8 Å². The minimum atomic E-state index is -0.645. The highest BCUT2D eigenvalue weighted by Gasteiger charge is 2.25. The summed E-state index contributed by atoms with van der Waals surface area (Å²) in [5, 5.41) is 17.6. The summed E-state index contributed by atoms with van der Waals surface area (Å²) in [6, 6.07) is 6.86. The van der Waals surface area contributed by atoms with E-state index in [1.165, 1.54) is 6.07 Å². The Balaban J connectivity index is 1.41. The van der Waals surface area contributed by atoms with Gasteiger partial charge in [0.15, 0.2) is 11.6 Å². The Labute approximate surface area is 220 Å². The van der Waals surface area contributed by atoms with Crippen LogP contribution in [0.2, 0.25) is 0 Å². The third-order valence-corrected chi connectivity index (χ3v) is 6.95. The van der Waals surface area contributed by atoms with Gasteiger partial charge in [-0.1, -0.05) is 33.8 Å². The smallest absolute Gasteiger partial charge is 0.229 e. The van der Waals surface area contributed by atoms with Crippen molar-refractivity contribution in [2.75, 3.05) is 25.0 Å². The van der Waals surface area contributed by atoms with E-state index in [9.17, 15) is 13.9 Å². The summed E-state index contributed by atoms with van der Waals surface area (Å²) >= 11 is 0. The van der Waals surface area contributed by atoms with E-state index < -0.39 is 11.6 Å². The SMILES string of the molecule is CC(C)c1c2cc(-c3nc(Nc4ccc5c(n4)CCN(CC(C)(C)CO)C5)ncc3F)cc(F)c2nn1C. The van der Waals surface area contributed by atoms with Crippen LogP contribution in [0.4, 0.5) is 20.5 Å². The molecule has 10 heteroatoms.